The van der Waals surface area contributed by atoms with Gasteiger partial charge in [-0.15, -0.1) is 11.3 Å². The number of thiazole rings is 1. The molecule has 0 aliphatic rings. The predicted octanol–water partition coefficient (Wildman–Crippen LogP) is 3.30. The molecular weight excluding hydrogens is 294 g/mol. The maximum Gasteiger partial charge on any atom is 0.138 e. The van der Waals surface area contributed by atoms with Gasteiger partial charge in [0.25, 0.3) is 0 Å². The summed E-state index contributed by atoms with van der Waals surface area (Å²) in [6.07, 6.45) is 3.16. The monoisotopic (exact) mass is 305 g/mol. The molecule has 0 aliphatic carbocycles. The van der Waals surface area contributed by atoms with Crippen LogP contribution in [0, 0.1) is 6.92 Å². The fourth-order valence-corrected chi connectivity index (χ4v) is 2.64. The molecule has 0 radical (unpaired) electrons. The van der Waals surface area contributed by atoms with Gasteiger partial charge in [0, 0.05) is 10.4 Å². The van der Waals surface area contributed by atoms with Crippen LogP contribution >= 0.6 is 22.9 Å². The van der Waals surface area contributed by atoms with Crippen molar-refractivity contribution in [3.63, 3.8) is 0 Å². The van der Waals surface area contributed by atoms with Crippen molar-refractivity contribution in [1.29, 1.82) is 0 Å². The second-order valence-corrected chi connectivity index (χ2v) is 5.71. The zero-order valence-corrected chi connectivity index (χ0v) is 12.3. The molecule has 2 aromatic heterocycles. The zero-order valence-electron chi connectivity index (χ0n) is 10.7. The van der Waals surface area contributed by atoms with Gasteiger partial charge in [0.2, 0.25) is 0 Å². The van der Waals surface area contributed by atoms with E-state index in [0.29, 0.717) is 11.6 Å². The van der Waals surface area contributed by atoms with Crippen LogP contribution in [0.2, 0.25) is 5.02 Å². The Balaban J connectivity index is 1.86. The molecule has 102 valence electrons. The van der Waals surface area contributed by atoms with Crippen molar-refractivity contribution in [3.05, 3.63) is 52.0 Å². The molecule has 0 amide bonds. The van der Waals surface area contributed by atoms with E-state index in [2.05, 4.69) is 20.4 Å². The Morgan fingerprint density at radius 3 is 3.00 bits per heavy atom. The molecule has 0 saturated carbocycles. The van der Waals surface area contributed by atoms with E-state index in [4.69, 9.17) is 11.6 Å². The van der Waals surface area contributed by atoms with Gasteiger partial charge < -0.3 is 5.32 Å². The first kappa shape index (κ1) is 13.1. The molecule has 0 atom stereocenters. The number of halogens is 1. The Bertz CT molecular complexity index is 707. The van der Waals surface area contributed by atoms with Crippen molar-refractivity contribution in [2.24, 2.45) is 0 Å². The van der Waals surface area contributed by atoms with Gasteiger partial charge in [0.15, 0.2) is 0 Å². The summed E-state index contributed by atoms with van der Waals surface area (Å²) in [4.78, 5) is 8.39. The Labute approximate surface area is 125 Å². The number of hydrogen-bond acceptors (Lipinski definition) is 5. The zero-order chi connectivity index (χ0) is 13.9. The number of aryl methyl sites for hydroxylation is 1. The first-order valence-corrected chi connectivity index (χ1v) is 7.27. The highest BCUT2D eigenvalue weighted by atomic mass is 35.5. The third-order valence-corrected chi connectivity index (χ3v) is 3.81. The summed E-state index contributed by atoms with van der Waals surface area (Å²) in [7, 11) is 0. The van der Waals surface area contributed by atoms with E-state index >= 15 is 0 Å². The highest BCUT2D eigenvalue weighted by Crippen LogP contribution is 2.24. The third kappa shape index (κ3) is 2.81. The van der Waals surface area contributed by atoms with E-state index in [0.717, 1.165) is 22.1 Å². The smallest absolute Gasteiger partial charge is 0.138 e. The van der Waals surface area contributed by atoms with Crippen LogP contribution in [0.5, 0.6) is 0 Å². The molecule has 2 heterocycles. The second kappa shape index (κ2) is 5.60. The van der Waals surface area contributed by atoms with E-state index in [1.54, 1.807) is 22.3 Å². The number of anilines is 1. The number of rotatable bonds is 4. The highest BCUT2D eigenvalue weighted by Gasteiger charge is 2.07. The van der Waals surface area contributed by atoms with Crippen LogP contribution in [0.3, 0.4) is 0 Å². The van der Waals surface area contributed by atoms with Gasteiger partial charge in [-0.3, -0.25) is 0 Å². The van der Waals surface area contributed by atoms with Crippen molar-refractivity contribution in [2.45, 2.75) is 13.5 Å². The summed E-state index contributed by atoms with van der Waals surface area (Å²) in [5.74, 6) is 0. The van der Waals surface area contributed by atoms with Gasteiger partial charge >= 0.3 is 0 Å². The van der Waals surface area contributed by atoms with E-state index in [1.807, 2.05) is 30.5 Å². The fraction of sp³-hybridized carbons (Fsp3) is 0.154. The summed E-state index contributed by atoms with van der Waals surface area (Å²) in [6, 6.07) is 5.61. The molecule has 0 spiro atoms. The minimum absolute atomic E-state index is 0.645. The molecule has 0 bridgehead atoms. The van der Waals surface area contributed by atoms with Gasteiger partial charge in [-0.05, 0) is 25.1 Å². The van der Waals surface area contributed by atoms with Crippen LogP contribution in [0.15, 0.2) is 36.2 Å². The van der Waals surface area contributed by atoms with Crippen molar-refractivity contribution < 1.29 is 0 Å². The Hall–Kier alpha value is -1.92. The quantitative estimate of drug-likeness (QED) is 0.803. The van der Waals surface area contributed by atoms with Crippen molar-refractivity contribution in [3.8, 4) is 5.69 Å². The first-order chi connectivity index (χ1) is 9.72. The lowest BCUT2D eigenvalue weighted by molar-refractivity contribution is 0.877. The maximum atomic E-state index is 6.07. The molecule has 0 saturated heterocycles. The van der Waals surface area contributed by atoms with Crippen LogP contribution in [0.1, 0.15) is 10.7 Å². The Morgan fingerprint density at radius 2 is 2.30 bits per heavy atom. The lowest BCUT2D eigenvalue weighted by Crippen LogP contribution is -2.05. The van der Waals surface area contributed by atoms with Crippen molar-refractivity contribution in [2.75, 3.05) is 5.32 Å². The van der Waals surface area contributed by atoms with E-state index in [9.17, 15) is 0 Å². The first-order valence-electron chi connectivity index (χ1n) is 6.02. The molecule has 3 aromatic rings. The van der Waals surface area contributed by atoms with E-state index in [1.165, 1.54) is 6.33 Å². The summed E-state index contributed by atoms with van der Waals surface area (Å²) in [5.41, 5.74) is 2.81. The van der Waals surface area contributed by atoms with E-state index in [-0.39, 0.29) is 0 Å². The molecule has 5 nitrogen and oxygen atoms in total. The van der Waals surface area contributed by atoms with Gasteiger partial charge in [0.1, 0.15) is 12.7 Å². The van der Waals surface area contributed by atoms with Crippen molar-refractivity contribution >= 4 is 28.6 Å². The van der Waals surface area contributed by atoms with Gasteiger partial charge in [-0.1, -0.05) is 11.6 Å². The SMILES string of the molecule is Cc1nc(CNc2cc(Cl)ccc2-n2cncn2)cs1. The van der Waals surface area contributed by atoms with Crippen LogP contribution in [0.25, 0.3) is 5.69 Å². The lowest BCUT2D eigenvalue weighted by atomic mass is 10.2. The van der Waals surface area contributed by atoms with Crippen LogP contribution < -0.4 is 5.32 Å². The van der Waals surface area contributed by atoms with Crippen LogP contribution in [-0.4, -0.2) is 19.7 Å². The van der Waals surface area contributed by atoms with E-state index < -0.39 is 0 Å². The Morgan fingerprint density at radius 1 is 1.40 bits per heavy atom. The number of nitrogens with zero attached hydrogens (tertiary/aromatic N) is 4. The molecule has 1 aromatic carbocycles. The number of benzene rings is 1. The Kier molecular flexibility index (Phi) is 3.66. The van der Waals surface area contributed by atoms with Gasteiger partial charge in [-0.25, -0.2) is 14.6 Å². The average Bonchev–Trinajstić information content (AvgIpc) is 3.08. The van der Waals surface area contributed by atoms with Crippen molar-refractivity contribution in [1.82, 2.24) is 19.7 Å². The van der Waals surface area contributed by atoms with Gasteiger partial charge in [-0.2, -0.15) is 5.10 Å². The molecule has 3 rings (SSSR count). The van der Waals surface area contributed by atoms with Crippen LogP contribution in [-0.2, 0) is 6.54 Å². The topological polar surface area (TPSA) is 55.6 Å². The largest absolute Gasteiger partial charge is 0.378 e. The lowest BCUT2D eigenvalue weighted by Gasteiger charge is -2.11. The summed E-state index contributed by atoms with van der Waals surface area (Å²) < 4.78 is 1.70. The molecule has 0 aliphatic heterocycles. The fourth-order valence-electron chi connectivity index (χ4n) is 1.86. The number of nitrogens with one attached hydrogen (secondary N) is 1. The summed E-state index contributed by atoms with van der Waals surface area (Å²) in [5, 5.41) is 11.3. The molecule has 0 fully saturated rings. The number of aromatic nitrogens is 4. The minimum atomic E-state index is 0.645. The maximum absolute atomic E-state index is 6.07. The predicted molar refractivity (Wildman–Crippen MR) is 80.5 cm³/mol. The molecule has 20 heavy (non-hydrogen) atoms. The number of hydrogen-bond donors (Lipinski definition) is 1. The van der Waals surface area contributed by atoms with Gasteiger partial charge in [0.05, 0.1) is 28.6 Å². The molecular formula is C13H12ClN5S. The summed E-state index contributed by atoms with van der Waals surface area (Å²) >= 11 is 7.71. The minimum Gasteiger partial charge on any atom is -0.378 e. The second-order valence-electron chi connectivity index (χ2n) is 4.21. The molecule has 1 N–H and O–H groups in total. The average molecular weight is 306 g/mol. The van der Waals surface area contributed by atoms with Crippen LogP contribution in [0.4, 0.5) is 5.69 Å². The normalized spacial score (nSPS) is 10.7. The highest BCUT2D eigenvalue weighted by molar-refractivity contribution is 7.09. The third-order valence-electron chi connectivity index (χ3n) is 2.75. The summed E-state index contributed by atoms with van der Waals surface area (Å²) in [6.45, 7) is 2.64. The molecule has 0 unspecified atom stereocenters. The standard InChI is InChI=1S/C13H12ClN5S/c1-9-18-11(6-20-9)5-16-12-4-10(14)2-3-13(12)19-8-15-7-17-19/h2-4,6-8,16H,5H2,1H3. The molecule has 7 heteroatoms.